The van der Waals surface area contributed by atoms with Crippen molar-refractivity contribution in [3.63, 3.8) is 0 Å². The predicted octanol–water partition coefficient (Wildman–Crippen LogP) is 0.967. The standard InChI is InChI=1S/C23H35N3O3S/c1-18-6-5-9-22(19(18)2)25-13-11-24(12-14-25)16-23(27)26(20-7-3-4-8-20)21-10-15-30(28,29)17-21/h5-6,9,20-21H,3-4,7-8,10-17H2,1-2H3/p+1/t21-/m1/s1. The van der Waals surface area contributed by atoms with Crippen molar-refractivity contribution in [3.05, 3.63) is 29.3 Å². The summed E-state index contributed by atoms with van der Waals surface area (Å²) in [6, 6.07) is 6.60. The Bertz CT molecular complexity index is 872. The van der Waals surface area contributed by atoms with E-state index in [1.54, 1.807) is 0 Å². The number of nitrogens with one attached hydrogen (secondary N) is 1. The molecule has 2 saturated heterocycles. The molecular formula is C23H36N3O3S+. The van der Waals surface area contributed by atoms with E-state index in [0.717, 1.165) is 51.9 Å². The van der Waals surface area contributed by atoms with Crippen LogP contribution in [0.5, 0.6) is 0 Å². The first-order chi connectivity index (χ1) is 14.3. The number of hydrogen-bond acceptors (Lipinski definition) is 4. The van der Waals surface area contributed by atoms with Gasteiger partial charge >= 0.3 is 0 Å². The Morgan fingerprint density at radius 3 is 2.43 bits per heavy atom. The zero-order chi connectivity index (χ0) is 21.3. The number of quaternary nitrogens is 1. The lowest BCUT2D eigenvalue weighted by Gasteiger charge is -2.37. The quantitative estimate of drug-likeness (QED) is 0.750. The van der Waals surface area contributed by atoms with Crippen molar-refractivity contribution in [1.82, 2.24) is 4.90 Å². The molecule has 1 N–H and O–H groups in total. The second-order valence-corrected chi connectivity index (χ2v) is 11.7. The Morgan fingerprint density at radius 2 is 1.80 bits per heavy atom. The highest BCUT2D eigenvalue weighted by molar-refractivity contribution is 7.91. The Labute approximate surface area is 181 Å². The number of sulfone groups is 1. The van der Waals surface area contributed by atoms with Gasteiger partial charge in [-0.15, -0.1) is 0 Å². The molecule has 0 spiro atoms. The molecule has 0 radical (unpaired) electrons. The molecule has 0 unspecified atom stereocenters. The smallest absolute Gasteiger partial charge is 0.278 e. The Kier molecular flexibility index (Phi) is 6.39. The lowest BCUT2D eigenvalue weighted by molar-refractivity contribution is -0.892. The third-order valence-electron chi connectivity index (χ3n) is 7.40. The van der Waals surface area contributed by atoms with E-state index in [4.69, 9.17) is 0 Å². The molecule has 3 fully saturated rings. The van der Waals surface area contributed by atoms with Crippen molar-refractivity contribution < 1.29 is 18.1 Å². The molecule has 0 aromatic heterocycles. The second kappa shape index (κ2) is 8.87. The lowest BCUT2D eigenvalue weighted by Crippen LogP contribution is -3.16. The molecule has 3 aliphatic rings. The Hall–Kier alpha value is -1.60. The zero-order valence-corrected chi connectivity index (χ0v) is 19.2. The first kappa shape index (κ1) is 21.6. The van der Waals surface area contributed by atoms with Gasteiger partial charge in [0.15, 0.2) is 16.4 Å². The Morgan fingerprint density at radius 1 is 1.10 bits per heavy atom. The molecular weight excluding hydrogens is 398 g/mol. The van der Waals surface area contributed by atoms with E-state index >= 15 is 0 Å². The van der Waals surface area contributed by atoms with Crippen LogP contribution >= 0.6 is 0 Å². The van der Waals surface area contributed by atoms with E-state index in [2.05, 4.69) is 36.9 Å². The number of anilines is 1. The molecule has 166 valence electrons. The summed E-state index contributed by atoms with van der Waals surface area (Å²) in [6.07, 6.45) is 4.96. The van der Waals surface area contributed by atoms with E-state index in [9.17, 15) is 13.2 Å². The van der Waals surface area contributed by atoms with Gasteiger partial charge in [-0.1, -0.05) is 25.0 Å². The number of rotatable bonds is 5. The molecule has 4 rings (SSSR count). The highest BCUT2D eigenvalue weighted by atomic mass is 32.2. The first-order valence-electron chi connectivity index (χ1n) is 11.5. The van der Waals surface area contributed by atoms with Gasteiger partial charge < -0.3 is 14.7 Å². The van der Waals surface area contributed by atoms with Gasteiger partial charge in [-0.05, 0) is 50.3 Å². The van der Waals surface area contributed by atoms with Crippen LogP contribution in [0.3, 0.4) is 0 Å². The van der Waals surface area contributed by atoms with Crippen LogP contribution in [-0.4, -0.2) is 75.5 Å². The van der Waals surface area contributed by atoms with Crippen LogP contribution in [0, 0.1) is 13.8 Å². The number of aryl methyl sites for hydroxylation is 1. The fraction of sp³-hybridized carbons (Fsp3) is 0.696. The summed E-state index contributed by atoms with van der Waals surface area (Å²) in [5.74, 6) is 0.555. The van der Waals surface area contributed by atoms with Crippen LogP contribution in [0.15, 0.2) is 18.2 Å². The van der Waals surface area contributed by atoms with Gasteiger partial charge in [-0.3, -0.25) is 4.79 Å². The molecule has 1 aromatic carbocycles. The molecule has 6 nitrogen and oxygen atoms in total. The number of hydrogen-bond donors (Lipinski definition) is 1. The normalized spacial score (nSPS) is 25.0. The lowest BCUT2D eigenvalue weighted by atomic mass is 10.1. The van der Waals surface area contributed by atoms with Crippen LogP contribution in [0.2, 0.25) is 0 Å². The van der Waals surface area contributed by atoms with Gasteiger partial charge in [0.2, 0.25) is 0 Å². The summed E-state index contributed by atoms with van der Waals surface area (Å²) in [4.78, 5) is 19.1. The fourth-order valence-electron chi connectivity index (χ4n) is 5.51. The topological polar surface area (TPSA) is 62.1 Å². The summed E-state index contributed by atoms with van der Waals surface area (Å²) in [5, 5.41) is 0. The van der Waals surface area contributed by atoms with Crippen molar-refractivity contribution in [1.29, 1.82) is 0 Å². The van der Waals surface area contributed by atoms with E-state index < -0.39 is 9.84 Å². The SMILES string of the molecule is Cc1cccc(N2CC[NH+](CC(=O)N(C3CCCC3)[C@@H]3CCS(=O)(=O)C3)CC2)c1C. The van der Waals surface area contributed by atoms with Crippen molar-refractivity contribution in [2.75, 3.05) is 49.1 Å². The summed E-state index contributed by atoms with van der Waals surface area (Å²) in [6.45, 7) is 8.62. The summed E-state index contributed by atoms with van der Waals surface area (Å²) >= 11 is 0. The van der Waals surface area contributed by atoms with Crippen LogP contribution < -0.4 is 9.80 Å². The largest absolute Gasteiger partial charge is 0.360 e. The minimum Gasteiger partial charge on any atom is -0.360 e. The number of piperazine rings is 1. The second-order valence-electron chi connectivity index (χ2n) is 9.43. The maximum absolute atomic E-state index is 13.3. The van der Waals surface area contributed by atoms with Gasteiger partial charge in [-0.2, -0.15) is 0 Å². The average Bonchev–Trinajstić information content (AvgIpc) is 3.35. The molecule has 1 atom stereocenters. The molecule has 1 aliphatic carbocycles. The number of nitrogens with zero attached hydrogens (tertiary/aromatic N) is 2. The molecule has 0 bridgehead atoms. The van der Waals surface area contributed by atoms with Crippen LogP contribution in [0.25, 0.3) is 0 Å². The van der Waals surface area contributed by atoms with Gasteiger partial charge in [0.25, 0.3) is 5.91 Å². The molecule has 1 saturated carbocycles. The molecule has 30 heavy (non-hydrogen) atoms. The molecule has 2 aliphatic heterocycles. The minimum absolute atomic E-state index is 0.110. The third-order valence-corrected chi connectivity index (χ3v) is 9.15. The van der Waals surface area contributed by atoms with Crippen LogP contribution in [0.4, 0.5) is 5.69 Å². The molecule has 7 heteroatoms. The molecule has 1 aromatic rings. The van der Waals surface area contributed by atoms with Crippen LogP contribution in [-0.2, 0) is 14.6 Å². The number of benzene rings is 1. The zero-order valence-electron chi connectivity index (χ0n) is 18.4. The molecule has 2 heterocycles. The summed E-state index contributed by atoms with van der Waals surface area (Å²) in [5.41, 5.74) is 3.96. The van der Waals surface area contributed by atoms with E-state index in [1.165, 1.54) is 21.7 Å². The number of carbonyl (C=O) groups excluding carboxylic acids is 1. The molecule has 1 amide bonds. The van der Waals surface area contributed by atoms with Gasteiger partial charge in [0.1, 0.15) is 0 Å². The third kappa shape index (κ3) is 4.67. The van der Waals surface area contributed by atoms with Crippen LogP contribution in [0.1, 0.15) is 43.2 Å². The average molecular weight is 435 g/mol. The maximum atomic E-state index is 13.3. The fourth-order valence-corrected chi connectivity index (χ4v) is 7.22. The van der Waals surface area contributed by atoms with Crippen molar-refractivity contribution in [2.24, 2.45) is 0 Å². The maximum Gasteiger partial charge on any atom is 0.278 e. The summed E-state index contributed by atoms with van der Waals surface area (Å²) < 4.78 is 24.1. The minimum atomic E-state index is -2.99. The van der Waals surface area contributed by atoms with E-state index in [1.807, 2.05) is 4.90 Å². The van der Waals surface area contributed by atoms with Gasteiger partial charge in [0.05, 0.1) is 37.7 Å². The van der Waals surface area contributed by atoms with Crippen molar-refractivity contribution in [2.45, 2.75) is 58.0 Å². The van der Waals surface area contributed by atoms with E-state index in [0.29, 0.717) is 13.0 Å². The van der Waals surface area contributed by atoms with Crippen molar-refractivity contribution >= 4 is 21.4 Å². The Balaban J connectivity index is 1.38. The monoisotopic (exact) mass is 434 g/mol. The highest BCUT2D eigenvalue weighted by Crippen LogP contribution is 2.29. The number of carbonyl (C=O) groups is 1. The van der Waals surface area contributed by atoms with Crippen molar-refractivity contribution in [3.8, 4) is 0 Å². The highest BCUT2D eigenvalue weighted by Gasteiger charge is 2.40. The van der Waals surface area contributed by atoms with Gasteiger partial charge in [-0.25, -0.2) is 8.42 Å². The predicted molar refractivity (Wildman–Crippen MR) is 120 cm³/mol. The summed E-state index contributed by atoms with van der Waals surface area (Å²) in [7, 11) is -2.99. The number of amides is 1. The van der Waals surface area contributed by atoms with Gasteiger partial charge in [0, 0.05) is 17.8 Å². The first-order valence-corrected chi connectivity index (χ1v) is 13.3. The van der Waals surface area contributed by atoms with E-state index in [-0.39, 0.29) is 29.5 Å².